The van der Waals surface area contributed by atoms with Crippen LogP contribution in [0.5, 0.6) is 5.75 Å². The van der Waals surface area contributed by atoms with Gasteiger partial charge in [-0.15, -0.1) is 0 Å². The van der Waals surface area contributed by atoms with Crippen molar-refractivity contribution in [2.45, 2.75) is 38.5 Å². The first-order valence-corrected chi connectivity index (χ1v) is 11.7. The van der Waals surface area contributed by atoms with Crippen LogP contribution >= 0.6 is 34.8 Å². The summed E-state index contributed by atoms with van der Waals surface area (Å²) in [4.78, 5) is 13.8. The number of rotatable bonds is 9. The highest BCUT2D eigenvalue weighted by molar-refractivity contribution is 6.42. The summed E-state index contributed by atoms with van der Waals surface area (Å²) in [5.41, 5.74) is 1.64. The Labute approximate surface area is 203 Å². The molecule has 1 aliphatic heterocycles. The largest absolute Gasteiger partial charge is 0.489 e. The molecule has 0 aromatic heterocycles. The fourth-order valence-corrected chi connectivity index (χ4v) is 4.15. The summed E-state index contributed by atoms with van der Waals surface area (Å²) in [6.07, 6.45) is 1.32. The molecular formula is C23H28Cl3N3O3. The molecule has 2 aromatic rings. The number of carbonyl (C=O) groups is 1. The van der Waals surface area contributed by atoms with Crippen molar-refractivity contribution in [1.82, 2.24) is 10.2 Å². The first-order valence-electron chi connectivity index (χ1n) is 10.6. The number of carbonyl (C=O) groups excluding carboxylic acids is 1. The molecule has 1 fully saturated rings. The molecule has 6 nitrogen and oxygen atoms in total. The molecule has 0 saturated carbocycles. The van der Waals surface area contributed by atoms with Gasteiger partial charge >= 0.3 is 0 Å². The Kier molecular flexibility index (Phi) is 9.46. The van der Waals surface area contributed by atoms with Gasteiger partial charge in [-0.25, -0.2) is 0 Å². The summed E-state index contributed by atoms with van der Waals surface area (Å²) in [6.45, 7) is 4.74. The average Bonchev–Trinajstić information content (AvgIpc) is 2.75. The van der Waals surface area contributed by atoms with E-state index in [1.165, 1.54) is 6.92 Å². The molecule has 174 valence electrons. The van der Waals surface area contributed by atoms with E-state index in [2.05, 4.69) is 15.5 Å². The monoisotopic (exact) mass is 499 g/mol. The lowest BCUT2D eigenvalue weighted by molar-refractivity contribution is -0.114. The SMILES string of the molecule is CC(=O)Nc1cc(Cl)ccc1OCC(O)CNC1CCN(Cc2ccc(Cl)c(Cl)c2)CC1. The maximum atomic E-state index is 11.4. The molecule has 1 aliphatic rings. The molecule has 1 unspecified atom stereocenters. The van der Waals surface area contributed by atoms with Gasteiger partial charge in [0.25, 0.3) is 0 Å². The van der Waals surface area contributed by atoms with Gasteiger partial charge in [0.2, 0.25) is 5.91 Å². The van der Waals surface area contributed by atoms with Gasteiger partial charge in [-0.3, -0.25) is 9.69 Å². The molecule has 0 bridgehead atoms. The molecule has 32 heavy (non-hydrogen) atoms. The number of benzene rings is 2. The highest BCUT2D eigenvalue weighted by atomic mass is 35.5. The number of nitrogens with zero attached hydrogens (tertiary/aromatic N) is 1. The first-order chi connectivity index (χ1) is 15.3. The van der Waals surface area contributed by atoms with E-state index in [9.17, 15) is 9.90 Å². The fraction of sp³-hybridized carbons (Fsp3) is 0.435. The summed E-state index contributed by atoms with van der Waals surface area (Å²) in [6, 6.07) is 11.1. The number of anilines is 1. The number of hydrogen-bond donors (Lipinski definition) is 3. The van der Waals surface area contributed by atoms with Crippen molar-refractivity contribution in [3.8, 4) is 5.75 Å². The predicted molar refractivity (Wildman–Crippen MR) is 130 cm³/mol. The molecule has 1 heterocycles. The van der Waals surface area contributed by atoms with Crippen LogP contribution in [0.4, 0.5) is 5.69 Å². The minimum absolute atomic E-state index is 0.109. The Morgan fingerprint density at radius 3 is 2.59 bits per heavy atom. The zero-order chi connectivity index (χ0) is 23.1. The molecular weight excluding hydrogens is 473 g/mol. The first kappa shape index (κ1) is 25.1. The van der Waals surface area contributed by atoms with Crippen molar-refractivity contribution in [3.05, 3.63) is 57.0 Å². The topological polar surface area (TPSA) is 73.8 Å². The van der Waals surface area contributed by atoms with E-state index in [0.717, 1.165) is 38.0 Å². The second-order valence-corrected chi connectivity index (χ2v) is 9.24. The van der Waals surface area contributed by atoms with Crippen LogP contribution in [0.25, 0.3) is 0 Å². The van der Waals surface area contributed by atoms with Crippen molar-refractivity contribution >= 4 is 46.4 Å². The highest BCUT2D eigenvalue weighted by Gasteiger charge is 2.20. The van der Waals surface area contributed by atoms with Gasteiger partial charge in [0.05, 0.1) is 15.7 Å². The Hall–Kier alpha value is -1.54. The van der Waals surface area contributed by atoms with E-state index < -0.39 is 6.10 Å². The Morgan fingerprint density at radius 2 is 1.91 bits per heavy atom. The van der Waals surface area contributed by atoms with Crippen molar-refractivity contribution < 1.29 is 14.6 Å². The molecule has 1 saturated heterocycles. The van der Waals surface area contributed by atoms with E-state index in [0.29, 0.717) is 39.1 Å². The van der Waals surface area contributed by atoms with Crippen molar-refractivity contribution in [2.75, 3.05) is 31.6 Å². The van der Waals surface area contributed by atoms with Crippen molar-refractivity contribution in [3.63, 3.8) is 0 Å². The maximum Gasteiger partial charge on any atom is 0.221 e. The minimum Gasteiger partial charge on any atom is -0.489 e. The molecule has 2 aromatic carbocycles. The van der Waals surface area contributed by atoms with E-state index in [1.54, 1.807) is 18.2 Å². The molecule has 9 heteroatoms. The van der Waals surface area contributed by atoms with Gasteiger partial charge in [-0.2, -0.15) is 0 Å². The van der Waals surface area contributed by atoms with Crippen LogP contribution in [-0.2, 0) is 11.3 Å². The normalized spacial score (nSPS) is 16.0. The highest BCUT2D eigenvalue weighted by Crippen LogP contribution is 2.28. The summed E-state index contributed by atoms with van der Waals surface area (Å²) in [7, 11) is 0. The maximum absolute atomic E-state index is 11.4. The number of halogens is 3. The van der Waals surface area contributed by atoms with Crippen molar-refractivity contribution in [1.29, 1.82) is 0 Å². The van der Waals surface area contributed by atoms with Crippen LogP contribution in [0.1, 0.15) is 25.3 Å². The number of aliphatic hydroxyl groups excluding tert-OH is 1. The number of aliphatic hydroxyl groups is 1. The summed E-state index contributed by atoms with van der Waals surface area (Å²) < 4.78 is 5.70. The third-order valence-electron chi connectivity index (χ3n) is 5.30. The standard InChI is InChI=1S/C23H28Cl3N3O3/c1-15(30)28-22-11-17(24)3-5-23(22)32-14-19(31)12-27-18-6-8-29(9-7-18)13-16-2-4-20(25)21(26)10-16/h2-5,10-11,18-19,27,31H,6-9,12-14H2,1H3,(H,28,30). The number of nitrogens with one attached hydrogen (secondary N) is 2. The third kappa shape index (κ3) is 7.80. The number of ether oxygens (including phenoxy) is 1. The lowest BCUT2D eigenvalue weighted by Gasteiger charge is -2.33. The van der Waals surface area contributed by atoms with Crippen molar-refractivity contribution in [2.24, 2.45) is 0 Å². The number of piperidine rings is 1. The second-order valence-electron chi connectivity index (χ2n) is 7.99. The van der Waals surface area contributed by atoms with E-state index in [4.69, 9.17) is 39.5 Å². The molecule has 1 amide bonds. The van der Waals surface area contributed by atoms with E-state index in [-0.39, 0.29) is 12.5 Å². The zero-order valence-electron chi connectivity index (χ0n) is 17.9. The quantitative estimate of drug-likeness (QED) is 0.469. The van der Waals surface area contributed by atoms with Crippen LogP contribution in [0.2, 0.25) is 15.1 Å². The van der Waals surface area contributed by atoms with Gasteiger partial charge in [-0.05, 0) is 61.8 Å². The van der Waals surface area contributed by atoms with Gasteiger partial charge in [0.15, 0.2) is 0 Å². The molecule has 1 atom stereocenters. The number of hydrogen-bond acceptors (Lipinski definition) is 5. The van der Waals surface area contributed by atoms with Gasteiger partial charge < -0.3 is 20.5 Å². The van der Waals surface area contributed by atoms with Crippen LogP contribution < -0.4 is 15.4 Å². The molecule has 3 rings (SSSR count). The van der Waals surface area contributed by atoms with E-state index >= 15 is 0 Å². The lowest BCUT2D eigenvalue weighted by Crippen LogP contribution is -2.45. The zero-order valence-corrected chi connectivity index (χ0v) is 20.2. The van der Waals surface area contributed by atoms with Crippen LogP contribution in [0.15, 0.2) is 36.4 Å². The second kappa shape index (κ2) is 12.1. The molecule has 0 radical (unpaired) electrons. The van der Waals surface area contributed by atoms with E-state index in [1.807, 2.05) is 18.2 Å². The van der Waals surface area contributed by atoms with Crippen LogP contribution in [0.3, 0.4) is 0 Å². The third-order valence-corrected chi connectivity index (χ3v) is 6.28. The van der Waals surface area contributed by atoms with Gasteiger partial charge in [0, 0.05) is 31.1 Å². The van der Waals surface area contributed by atoms with Gasteiger partial charge in [-0.1, -0.05) is 40.9 Å². The van der Waals surface area contributed by atoms with Gasteiger partial charge in [0.1, 0.15) is 18.5 Å². The lowest BCUT2D eigenvalue weighted by atomic mass is 10.0. The Morgan fingerprint density at radius 1 is 1.16 bits per heavy atom. The summed E-state index contributed by atoms with van der Waals surface area (Å²) in [5, 5.41) is 18.1. The average molecular weight is 501 g/mol. The number of amides is 1. The minimum atomic E-state index is -0.676. The Bertz CT molecular complexity index is 921. The fourth-order valence-electron chi connectivity index (χ4n) is 3.65. The molecule has 0 aliphatic carbocycles. The smallest absolute Gasteiger partial charge is 0.221 e. The summed E-state index contributed by atoms with van der Waals surface area (Å²) in [5.74, 6) is 0.254. The number of likely N-dealkylation sites (tertiary alicyclic amines) is 1. The van der Waals surface area contributed by atoms with Crippen LogP contribution in [-0.4, -0.2) is 54.3 Å². The van der Waals surface area contributed by atoms with Crippen LogP contribution in [0, 0.1) is 0 Å². The Balaban J connectivity index is 1.38. The molecule has 3 N–H and O–H groups in total. The predicted octanol–water partition coefficient (Wildman–Crippen LogP) is 4.60. The summed E-state index contributed by atoms with van der Waals surface area (Å²) >= 11 is 18.1. The molecule has 0 spiro atoms.